The van der Waals surface area contributed by atoms with Gasteiger partial charge in [-0.1, -0.05) is 17.2 Å². The first-order valence-corrected chi connectivity index (χ1v) is 10.1. The summed E-state index contributed by atoms with van der Waals surface area (Å²) in [7, 11) is 0. The molecular weight excluding hydrogens is 402 g/mol. The Morgan fingerprint density at radius 3 is 2.58 bits per heavy atom. The van der Waals surface area contributed by atoms with Crippen molar-refractivity contribution in [3.05, 3.63) is 40.3 Å². The van der Waals surface area contributed by atoms with Crippen molar-refractivity contribution in [3.63, 3.8) is 0 Å². The summed E-state index contributed by atoms with van der Waals surface area (Å²) >= 11 is 0. The Morgan fingerprint density at radius 1 is 1.23 bits per heavy atom. The molecule has 0 aliphatic carbocycles. The van der Waals surface area contributed by atoms with Crippen molar-refractivity contribution in [3.8, 4) is 0 Å². The molecule has 11 nitrogen and oxygen atoms in total. The number of nitrogens with zero attached hydrogens (tertiary/aromatic N) is 4. The van der Waals surface area contributed by atoms with Crippen LogP contribution in [0.2, 0.25) is 0 Å². The van der Waals surface area contributed by atoms with Gasteiger partial charge in [-0.3, -0.25) is 10.1 Å². The smallest absolute Gasteiger partial charge is 0.412 e. The summed E-state index contributed by atoms with van der Waals surface area (Å²) in [6.45, 7) is 6.32. The zero-order valence-corrected chi connectivity index (χ0v) is 18.1. The van der Waals surface area contributed by atoms with Gasteiger partial charge in [0.15, 0.2) is 0 Å². The van der Waals surface area contributed by atoms with E-state index in [0.717, 1.165) is 18.4 Å². The standard InChI is InChI=1S/C20H29N7O4/c1-20(2,3)31-19(30)25-15-8-6-14(7-9-15)11-22-18(29)23-13-17(28)27-10-4-5-16(27)12-24-26-21/h6-9,16H,4-5,10-13H2,1-3H3,(H,25,30)(H2,22,23,29)/t16-/m1/s1. The molecule has 4 amide bonds. The number of rotatable bonds is 7. The first kappa shape index (κ1) is 23.8. The number of amides is 4. The van der Waals surface area contributed by atoms with Crippen molar-refractivity contribution in [2.75, 3.05) is 25.0 Å². The van der Waals surface area contributed by atoms with Crippen LogP contribution in [0, 0.1) is 0 Å². The lowest BCUT2D eigenvalue weighted by molar-refractivity contribution is -0.130. The molecule has 3 N–H and O–H groups in total. The van der Waals surface area contributed by atoms with Gasteiger partial charge < -0.3 is 20.3 Å². The maximum absolute atomic E-state index is 12.3. The van der Waals surface area contributed by atoms with E-state index in [2.05, 4.69) is 26.0 Å². The van der Waals surface area contributed by atoms with Crippen molar-refractivity contribution in [1.29, 1.82) is 0 Å². The van der Waals surface area contributed by atoms with Gasteiger partial charge in [0.05, 0.1) is 6.54 Å². The number of urea groups is 1. The number of benzene rings is 1. The molecule has 0 radical (unpaired) electrons. The summed E-state index contributed by atoms with van der Waals surface area (Å²) in [6.07, 6.45) is 1.10. The number of likely N-dealkylation sites (tertiary alicyclic amines) is 1. The lowest BCUT2D eigenvalue weighted by Crippen LogP contribution is -2.45. The molecular formula is C20H29N7O4. The SMILES string of the molecule is CC(C)(C)OC(=O)Nc1ccc(CNC(=O)NCC(=O)N2CCC[C@@H]2CN=[N+]=[N-])cc1. The summed E-state index contributed by atoms with van der Waals surface area (Å²) in [5.41, 5.74) is 9.26. The van der Waals surface area contributed by atoms with Crippen LogP contribution in [-0.2, 0) is 16.1 Å². The highest BCUT2D eigenvalue weighted by Gasteiger charge is 2.28. The number of hydrogen-bond donors (Lipinski definition) is 3. The summed E-state index contributed by atoms with van der Waals surface area (Å²) < 4.78 is 5.19. The Bertz CT molecular complexity index is 829. The summed E-state index contributed by atoms with van der Waals surface area (Å²) in [4.78, 5) is 40.5. The molecule has 1 aliphatic rings. The summed E-state index contributed by atoms with van der Waals surface area (Å²) in [5, 5.41) is 11.4. The van der Waals surface area contributed by atoms with E-state index in [1.807, 2.05) is 0 Å². The van der Waals surface area contributed by atoms with Crippen LogP contribution in [0.1, 0.15) is 39.2 Å². The average Bonchev–Trinajstić information content (AvgIpc) is 3.17. The maximum Gasteiger partial charge on any atom is 0.412 e. The number of azide groups is 1. The molecule has 1 heterocycles. The van der Waals surface area contributed by atoms with Crippen molar-refractivity contribution in [2.45, 2.75) is 51.8 Å². The zero-order chi connectivity index (χ0) is 22.9. The quantitative estimate of drug-likeness (QED) is 0.345. The highest BCUT2D eigenvalue weighted by molar-refractivity contribution is 5.85. The summed E-state index contributed by atoms with van der Waals surface area (Å²) in [5.74, 6) is -0.205. The molecule has 1 fully saturated rings. The second-order valence-electron chi connectivity index (χ2n) is 8.16. The number of ether oxygens (including phenoxy) is 1. The fourth-order valence-corrected chi connectivity index (χ4v) is 3.11. The Morgan fingerprint density at radius 2 is 1.94 bits per heavy atom. The Hall–Kier alpha value is -3.46. The fourth-order valence-electron chi connectivity index (χ4n) is 3.11. The van der Waals surface area contributed by atoms with Crippen molar-refractivity contribution in [1.82, 2.24) is 15.5 Å². The second-order valence-corrected chi connectivity index (χ2v) is 8.16. The third-order valence-corrected chi connectivity index (χ3v) is 4.51. The number of anilines is 1. The van der Waals surface area contributed by atoms with Crippen molar-refractivity contribution >= 4 is 23.7 Å². The fraction of sp³-hybridized carbons (Fsp3) is 0.550. The van der Waals surface area contributed by atoms with Gasteiger partial charge in [0.25, 0.3) is 0 Å². The van der Waals surface area contributed by atoms with Crippen LogP contribution in [0.3, 0.4) is 0 Å². The molecule has 1 aromatic rings. The molecule has 1 aliphatic heterocycles. The van der Waals surface area contributed by atoms with Gasteiger partial charge in [0, 0.05) is 36.3 Å². The van der Waals surface area contributed by atoms with Gasteiger partial charge in [-0.05, 0) is 56.8 Å². The van der Waals surface area contributed by atoms with Gasteiger partial charge in [0.2, 0.25) is 5.91 Å². The van der Waals surface area contributed by atoms with Crippen LogP contribution < -0.4 is 16.0 Å². The average molecular weight is 431 g/mol. The summed E-state index contributed by atoms with van der Waals surface area (Å²) in [6, 6.07) is 6.38. The topological polar surface area (TPSA) is 149 Å². The Labute approximate surface area is 181 Å². The van der Waals surface area contributed by atoms with E-state index < -0.39 is 17.7 Å². The molecule has 0 unspecified atom stereocenters. The number of carbonyl (C=O) groups excluding carboxylic acids is 3. The second kappa shape index (κ2) is 11.1. The van der Waals surface area contributed by atoms with Crippen LogP contribution >= 0.6 is 0 Å². The predicted octanol–water partition coefficient (Wildman–Crippen LogP) is 3.13. The third kappa shape index (κ3) is 8.43. The van der Waals surface area contributed by atoms with Gasteiger partial charge in [-0.2, -0.15) is 0 Å². The van der Waals surface area contributed by atoms with Gasteiger partial charge in [0.1, 0.15) is 5.60 Å². The monoisotopic (exact) mass is 431 g/mol. The minimum atomic E-state index is -0.580. The van der Waals surface area contributed by atoms with Crippen LogP contribution in [0.4, 0.5) is 15.3 Å². The molecule has 0 saturated carbocycles. The maximum atomic E-state index is 12.3. The first-order valence-electron chi connectivity index (χ1n) is 10.1. The Balaban J connectivity index is 1.73. The van der Waals surface area contributed by atoms with E-state index in [4.69, 9.17) is 10.3 Å². The molecule has 1 saturated heterocycles. The molecule has 0 bridgehead atoms. The first-order chi connectivity index (χ1) is 14.7. The van der Waals surface area contributed by atoms with E-state index >= 15 is 0 Å². The van der Waals surface area contributed by atoms with E-state index in [-0.39, 0.29) is 31.6 Å². The lowest BCUT2D eigenvalue weighted by Gasteiger charge is -2.23. The minimum absolute atomic E-state index is 0.110. The van der Waals surface area contributed by atoms with E-state index in [1.165, 1.54) is 0 Å². The van der Waals surface area contributed by atoms with Crippen LogP contribution in [0.15, 0.2) is 29.4 Å². The minimum Gasteiger partial charge on any atom is -0.444 e. The molecule has 11 heteroatoms. The molecule has 168 valence electrons. The molecule has 2 rings (SSSR count). The predicted molar refractivity (Wildman–Crippen MR) is 115 cm³/mol. The van der Waals surface area contributed by atoms with Crippen LogP contribution in [0.25, 0.3) is 10.4 Å². The number of hydrogen-bond acceptors (Lipinski definition) is 5. The lowest BCUT2D eigenvalue weighted by atomic mass is 10.2. The normalized spacial score (nSPS) is 15.6. The molecule has 1 atom stereocenters. The van der Waals surface area contributed by atoms with Gasteiger partial charge in [-0.25, -0.2) is 9.59 Å². The Kier molecular flexibility index (Phi) is 8.51. The van der Waals surface area contributed by atoms with E-state index in [1.54, 1.807) is 49.9 Å². The largest absolute Gasteiger partial charge is 0.444 e. The molecule has 31 heavy (non-hydrogen) atoms. The van der Waals surface area contributed by atoms with E-state index in [0.29, 0.717) is 12.2 Å². The third-order valence-electron chi connectivity index (χ3n) is 4.51. The van der Waals surface area contributed by atoms with E-state index in [9.17, 15) is 14.4 Å². The molecule has 0 aromatic heterocycles. The molecule has 1 aromatic carbocycles. The number of carbonyl (C=O) groups is 3. The highest BCUT2D eigenvalue weighted by atomic mass is 16.6. The molecule has 0 spiro atoms. The van der Waals surface area contributed by atoms with Crippen molar-refractivity contribution < 1.29 is 19.1 Å². The van der Waals surface area contributed by atoms with Crippen LogP contribution in [-0.4, -0.2) is 54.2 Å². The van der Waals surface area contributed by atoms with Gasteiger partial charge in [-0.15, -0.1) is 0 Å². The zero-order valence-electron chi connectivity index (χ0n) is 18.1. The van der Waals surface area contributed by atoms with Crippen molar-refractivity contribution in [2.24, 2.45) is 5.11 Å². The van der Waals surface area contributed by atoms with Crippen LogP contribution in [0.5, 0.6) is 0 Å². The van der Waals surface area contributed by atoms with Gasteiger partial charge >= 0.3 is 12.1 Å². The number of nitrogens with one attached hydrogen (secondary N) is 3. The highest BCUT2D eigenvalue weighted by Crippen LogP contribution is 2.17.